The fraction of sp³-hybridized carbons (Fsp3) is 0.533. The number of carbonyl (C=O) groups is 1. The fourth-order valence-corrected chi connectivity index (χ4v) is 2.44. The molecule has 18 heavy (non-hydrogen) atoms. The Hall–Kier alpha value is -1.35. The van der Waals surface area contributed by atoms with Gasteiger partial charge in [-0.25, -0.2) is 0 Å². The second-order valence-corrected chi connectivity index (χ2v) is 5.61. The van der Waals surface area contributed by atoms with E-state index in [9.17, 15) is 4.79 Å². The summed E-state index contributed by atoms with van der Waals surface area (Å²) in [5.74, 6) is -0.0200. The lowest BCUT2D eigenvalue weighted by Gasteiger charge is -2.38. The summed E-state index contributed by atoms with van der Waals surface area (Å²) in [5.41, 5.74) is 2.55. The average Bonchev–Trinajstić information content (AvgIpc) is 2.28. The first-order chi connectivity index (χ1) is 8.59. The third-order valence-electron chi connectivity index (χ3n) is 3.76. The van der Waals surface area contributed by atoms with E-state index in [0.717, 1.165) is 24.3 Å². The van der Waals surface area contributed by atoms with Gasteiger partial charge >= 0.3 is 0 Å². The number of anilines is 1. The Bertz CT molecular complexity index is 424. The van der Waals surface area contributed by atoms with E-state index < -0.39 is 0 Å². The first-order valence-corrected chi connectivity index (χ1v) is 6.65. The number of para-hydroxylation sites is 1. The van der Waals surface area contributed by atoms with E-state index in [1.54, 1.807) is 6.92 Å². The van der Waals surface area contributed by atoms with Crippen LogP contribution >= 0.6 is 0 Å². The highest BCUT2D eigenvalue weighted by Crippen LogP contribution is 2.39. The predicted octanol–water partition coefficient (Wildman–Crippen LogP) is 2.92. The van der Waals surface area contributed by atoms with E-state index in [0.29, 0.717) is 5.41 Å². The summed E-state index contributed by atoms with van der Waals surface area (Å²) in [5, 5.41) is 6.38. The largest absolute Gasteiger partial charge is 0.326 e. The van der Waals surface area contributed by atoms with Crippen molar-refractivity contribution in [1.29, 1.82) is 0 Å². The van der Waals surface area contributed by atoms with Crippen LogP contribution in [0.3, 0.4) is 0 Å². The van der Waals surface area contributed by atoms with Gasteiger partial charge in [-0.15, -0.1) is 0 Å². The molecule has 0 aliphatic heterocycles. The van der Waals surface area contributed by atoms with Crippen LogP contribution in [0.2, 0.25) is 0 Å². The van der Waals surface area contributed by atoms with E-state index in [4.69, 9.17) is 0 Å². The lowest BCUT2D eigenvalue weighted by atomic mass is 9.70. The zero-order chi connectivity index (χ0) is 13.0. The molecule has 0 unspecified atom stereocenters. The van der Waals surface area contributed by atoms with Crippen LogP contribution in [0.5, 0.6) is 0 Å². The Morgan fingerprint density at radius 1 is 1.33 bits per heavy atom. The third-order valence-corrected chi connectivity index (χ3v) is 3.76. The molecule has 1 aliphatic rings. The maximum atomic E-state index is 11.1. The number of hydrogen-bond donors (Lipinski definition) is 2. The topological polar surface area (TPSA) is 41.1 Å². The monoisotopic (exact) mass is 246 g/mol. The molecule has 1 saturated carbocycles. The van der Waals surface area contributed by atoms with Gasteiger partial charge in [-0.05, 0) is 29.9 Å². The number of carbonyl (C=O) groups excluding carboxylic acids is 1. The number of nitrogens with one attached hydrogen (secondary N) is 2. The Morgan fingerprint density at radius 2 is 2.06 bits per heavy atom. The van der Waals surface area contributed by atoms with Gasteiger partial charge < -0.3 is 10.6 Å². The highest BCUT2D eigenvalue weighted by atomic mass is 16.1. The zero-order valence-electron chi connectivity index (χ0n) is 11.3. The molecular weight excluding hydrogens is 224 g/mol. The first kappa shape index (κ1) is 13.1. The SMILES string of the molecule is CC(=O)Nc1ccccc1CNCC1(C)CCC1. The Morgan fingerprint density at radius 3 is 2.67 bits per heavy atom. The molecule has 1 amide bonds. The summed E-state index contributed by atoms with van der Waals surface area (Å²) in [6.45, 7) is 5.75. The summed E-state index contributed by atoms with van der Waals surface area (Å²) >= 11 is 0. The maximum Gasteiger partial charge on any atom is 0.221 e. The van der Waals surface area contributed by atoms with Crippen molar-refractivity contribution in [3.63, 3.8) is 0 Å². The molecule has 3 heteroatoms. The van der Waals surface area contributed by atoms with Gasteiger partial charge in [0.2, 0.25) is 5.91 Å². The van der Waals surface area contributed by atoms with Crippen molar-refractivity contribution in [2.24, 2.45) is 5.41 Å². The molecule has 0 aromatic heterocycles. The molecule has 98 valence electrons. The second kappa shape index (κ2) is 5.53. The van der Waals surface area contributed by atoms with Crippen molar-refractivity contribution in [2.75, 3.05) is 11.9 Å². The fourth-order valence-electron chi connectivity index (χ4n) is 2.44. The maximum absolute atomic E-state index is 11.1. The normalized spacial score (nSPS) is 17.0. The van der Waals surface area contributed by atoms with Gasteiger partial charge in [0.05, 0.1) is 0 Å². The smallest absolute Gasteiger partial charge is 0.221 e. The van der Waals surface area contributed by atoms with Crippen molar-refractivity contribution >= 4 is 11.6 Å². The van der Waals surface area contributed by atoms with Crippen LogP contribution in [-0.2, 0) is 11.3 Å². The van der Waals surface area contributed by atoms with E-state index in [1.165, 1.54) is 19.3 Å². The molecule has 1 aromatic carbocycles. The number of rotatable bonds is 5. The van der Waals surface area contributed by atoms with E-state index >= 15 is 0 Å². The van der Waals surface area contributed by atoms with Gasteiger partial charge in [0.25, 0.3) is 0 Å². The Balaban J connectivity index is 1.89. The lowest BCUT2D eigenvalue weighted by Crippen LogP contribution is -2.37. The van der Waals surface area contributed by atoms with Crippen molar-refractivity contribution in [3.05, 3.63) is 29.8 Å². The minimum atomic E-state index is -0.0200. The van der Waals surface area contributed by atoms with Crippen LogP contribution in [0, 0.1) is 5.41 Å². The van der Waals surface area contributed by atoms with Gasteiger partial charge in [-0.2, -0.15) is 0 Å². The molecule has 0 spiro atoms. The third kappa shape index (κ3) is 3.33. The van der Waals surface area contributed by atoms with Crippen molar-refractivity contribution in [1.82, 2.24) is 5.32 Å². The Kier molecular flexibility index (Phi) is 4.02. The van der Waals surface area contributed by atoms with Gasteiger partial charge in [0.1, 0.15) is 0 Å². The van der Waals surface area contributed by atoms with Crippen molar-refractivity contribution < 1.29 is 4.79 Å². The molecule has 0 saturated heterocycles. The average molecular weight is 246 g/mol. The summed E-state index contributed by atoms with van der Waals surface area (Å²) in [7, 11) is 0. The number of amides is 1. The summed E-state index contributed by atoms with van der Waals surface area (Å²) in [6, 6.07) is 7.96. The lowest BCUT2D eigenvalue weighted by molar-refractivity contribution is -0.114. The minimum absolute atomic E-state index is 0.0200. The van der Waals surface area contributed by atoms with Gasteiger partial charge in [0, 0.05) is 25.7 Å². The van der Waals surface area contributed by atoms with E-state index in [1.807, 2.05) is 18.2 Å². The van der Waals surface area contributed by atoms with Crippen LogP contribution in [0.4, 0.5) is 5.69 Å². The molecule has 3 nitrogen and oxygen atoms in total. The first-order valence-electron chi connectivity index (χ1n) is 6.65. The van der Waals surface area contributed by atoms with Crippen molar-refractivity contribution in [3.8, 4) is 0 Å². The van der Waals surface area contributed by atoms with Crippen LogP contribution in [0.15, 0.2) is 24.3 Å². The van der Waals surface area contributed by atoms with Crippen LogP contribution in [0.25, 0.3) is 0 Å². The molecule has 0 bridgehead atoms. The van der Waals surface area contributed by atoms with Gasteiger partial charge in [-0.3, -0.25) is 4.79 Å². The minimum Gasteiger partial charge on any atom is -0.326 e. The van der Waals surface area contributed by atoms with Crippen LogP contribution in [0.1, 0.15) is 38.7 Å². The second-order valence-electron chi connectivity index (χ2n) is 5.61. The highest BCUT2D eigenvalue weighted by molar-refractivity contribution is 5.89. The molecule has 1 aliphatic carbocycles. The highest BCUT2D eigenvalue weighted by Gasteiger charge is 2.30. The van der Waals surface area contributed by atoms with Gasteiger partial charge in [-0.1, -0.05) is 31.5 Å². The van der Waals surface area contributed by atoms with Crippen LogP contribution < -0.4 is 10.6 Å². The van der Waals surface area contributed by atoms with Crippen molar-refractivity contribution in [2.45, 2.75) is 39.7 Å². The molecular formula is C15H22N2O. The molecule has 1 fully saturated rings. The van der Waals surface area contributed by atoms with Gasteiger partial charge in [0.15, 0.2) is 0 Å². The summed E-state index contributed by atoms with van der Waals surface area (Å²) in [4.78, 5) is 11.1. The molecule has 2 N–H and O–H groups in total. The van der Waals surface area contributed by atoms with E-state index in [-0.39, 0.29) is 5.91 Å². The van der Waals surface area contributed by atoms with E-state index in [2.05, 4.69) is 23.6 Å². The molecule has 1 aromatic rings. The summed E-state index contributed by atoms with van der Waals surface area (Å²) in [6.07, 6.45) is 4.02. The molecule has 2 rings (SSSR count). The number of hydrogen-bond acceptors (Lipinski definition) is 2. The predicted molar refractivity (Wildman–Crippen MR) is 74.4 cm³/mol. The van der Waals surface area contributed by atoms with Crippen LogP contribution in [-0.4, -0.2) is 12.5 Å². The standard InChI is InChI=1S/C15H22N2O/c1-12(18)17-14-7-4-3-6-13(14)10-16-11-15(2)8-5-9-15/h3-4,6-7,16H,5,8-11H2,1-2H3,(H,17,18). The quantitative estimate of drug-likeness (QED) is 0.838. The molecule has 0 heterocycles. The zero-order valence-corrected chi connectivity index (χ0v) is 11.3. The number of benzene rings is 1. The Labute approximate surface area is 109 Å². The molecule has 0 atom stereocenters. The molecule has 0 radical (unpaired) electrons. The summed E-state index contributed by atoms with van der Waals surface area (Å²) < 4.78 is 0.